The van der Waals surface area contributed by atoms with Gasteiger partial charge < -0.3 is 15.3 Å². The highest BCUT2D eigenvalue weighted by Gasteiger charge is 2.34. The molecule has 7 nitrogen and oxygen atoms in total. The van der Waals surface area contributed by atoms with Gasteiger partial charge in [0.2, 0.25) is 0 Å². The van der Waals surface area contributed by atoms with Crippen molar-refractivity contribution in [2.45, 2.75) is 13.8 Å². The van der Waals surface area contributed by atoms with Gasteiger partial charge in [-0.1, -0.05) is 0 Å². The first-order valence-corrected chi connectivity index (χ1v) is 6.83. The van der Waals surface area contributed by atoms with Gasteiger partial charge in [-0.2, -0.15) is 0 Å². The molecule has 0 spiro atoms. The third-order valence-electron chi connectivity index (χ3n) is 2.11. The smallest absolute Gasteiger partial charge is 0.396 e. The van der Waals surface area contributed by atoms with Gasteiger partial charge in [0.25, 0.3) is 0 Å². The molecule has 17 heavy (non-hydrogen) atoms. The van der Waals surface area contributed by atoms with Crippen LogP contribution in [0.25, 0.3) is 0 Å². The predicted octanol–water partition coefficient (Wildman–Crippen LogP) is 0.147. The zero-order valence-electron chi connectivity index (χ0n) is 10.2. The van der Waals surface area contributed by atoms with Crippen molar-refractivity contribution in [3.05, 3.63) is 0 Å². The first-order chi connectivity index (χ1) is 8.01. The molecule has 0 aliphatic rings. The van der Waals surface area contributed by atoms with E-state index < -0.39 is 33.1 Å². The molecule has 0 aromatic heterocycles. The quantitative estimate of drug-likeness (QED) is 0.486. The minimum Gasteiger partial charge on any atom is -0.396 e. The van der Waals surface area contributed by atoms with Crippen LogP contribution in [0.1, 0.15) is 13.8 Å². The summed E-state index contributed by atoms with van der Waals surface area (Å²) in [6, 6.07) is 0. The maximum absolute atomic E-state index is 11.9. The average Bonchev–Trinajstić information content (AvgIpc) is 2.32. The lowest BCUT2D eigenvalue weighted by molar-refractivity contribution is -0.0360. The molecule has 0 aliphatic heterocycles. The zero-order valence-corrected chi connectivity index (χ0v) is 11.1. The van der Waals surface area contributed by atoms with Gasteiger partial charge in [0.05, 0.1) is 45.1 Å². The summed E-state index contributed by atoms with van der Waals surface area (Å²) in [7, 11) is -3.69. The van der Waals surface area contributed by atoms with Crippen LogP contribution in [0.5, 0.6) is 0 Å². The molecule has 0 aromatic carbocycles. The Hall–Kier alpha value is -0.0100. The second kappa shape index (κ2) is 8.16. The molecular weight excluding hydrogens is 251 g/mol. The molecule has 0 aromatic rings. The molecule has 0 heterocycles. The van der Waals surface area contributed by atoms with E-state index in [2.05, 4.69) is 0 Å². The van der Waals surface area contributed by atoms with Gasteiger partial charge in [0.1, 0.15) is 0 Å². The standard InChI is InChI=1S/C9H21O7P/c1-3-14-17(13,15-4-2)16-8-9(5-10,6-11)7-12/h10-12H,3-8H2,1-2H3. The number of rotatable bonds is 10. The Balaban J connectivity index is 4.52. The minimum absolute atomic E-state index is 0.141. The number of aliphatic hydroxyl groups excluding tert-OH is 3. The number of aliphatic hydroxyl groups is 3. The van der Waals surface area contributed by atoms with Crippen LogP contribution in [-0.2, 0) is 18.1 Å². The summed E-state index contributed by atoms with van der Waals surface area (Å²) >= 11 is 0. The molecular formula is C9H21O7P. The summed E-state index contributed by atoms with van der Waals surface area (Å²) in [6.45, 7) is 1.71. The number of hydrogen-bond acceptors (Lipinski definition) is 7. The first-order valence-electron chi connectivity index (χ1n) is 5.37. The molecule has 0 rings (SSSR count). The minimum atomic E-state index is -3.69. The van der Waals surface area contributed by atoms with Crippen molar-refractivity contribution in [3.63, 3.8) is 0 Å². The van der Waals surface area contributed by atoms with Crippen LogP contribution in [0, 0.1) is 5.41 Å². The summed E-state index contributed by atoms with van der Waals surface area (Å²) < 4.78 is 26.6. The molecule has 0 saturated heterocycles. The van der Waals surface area contributed by atoms with Crippen molar-refractivity contribution in [2.24, 2.45) is 5.41 Å². The Kier molecular flexibility index (Phi) is 8.15. The van der Waals surface area contributed by atoms with E-state index in [-0.39, 0.29) is 19.8 Å². The fourth-order valence-corrected chi connectivity index (χ4v) is 2.22. The zero-order chi connectivity index (χ0) is 13.4. The van der Waals surface area contributed by atoms with E-state index in [4.69, 9.17) is 28.9 Å². The van der Waals surface area contributed by atoms with Crippen molar-refractivity contribution in [1.29, 1.82) is 0 Å². The highest BCUT2D eigenvalue weighted by Crippen LogP contribution is 2.50. The lowest BCUT2D eigenvalue weighted by Gasteiger charge is -2.28. The highest BCUT2D eigenvalue weighted by atomic mass is 31.2. The monoisotopic (exact) mass is 272 g/mol. The van der Waals surface area contributed by atoms with Gasteiger partial charge in [-0.15, -0.1) is 0 Å². The summed E-state index contributed by atoms with van der Waals surface area (Å²) in [5.41, 5.74) is -1.26. The lowest BCUT2D eigenvalue weighted by atomic mass is 9.93. The van der Waals surface area contributed by atoms with Crippen LogP contribution in [0.3, 0.4) is 0 Å². The SMILES string of the molecule is CCOP(=O)(OCC)OCC(CO)(CO)CO. The molecule has 0 unspecified atom stereocenters. The van der Waals surface area contributed by atoms with Crippen molar-refractivity contribution >= 4 is 7.82 Å². The molecule has 0 bridgehead atoms. The van der Waals surface area contributed by atoms with Gasteiger partial charge in [-0.25, -0.2) is 4.57 Å². The Morgan fingerprint density at radius 2 is 1.35 bits per heavy atom. The van der Waals surface area contributed by atoms with Crippen molar-refractivity contribution in [2.75, 3.05) is 39.6 Å². The average molecular weight is 272 g/mol. The Labute approximate surface area is 101 Å². The molecule has 0 amide bonds. The van der Waals surface area contributed by atoms with E-state index in [1.807, 2.05) is 0 Å². The summed E-state index contributed by atoms with van der Waals surface area (Å²) in [6.07, 6.45) is 0. The van der Waals surface area contributed by atoms with Crippen molar-refractivity contribution in [1.82, 2.24) is 0 Å². The van der Waals surface area contributed by atoms with Crippen LogP contribution >= 0.6 is 7.82 Å². The third-order valence-corrected chi connectivity index (χ3v) is 3.70. The highest BCUT2D eigenvalue weighted by molar-refractivity contribution is 7.48. The fourth-order valence-electron chi connectivity index (χ4n) is 0.931. The van der Waals surface area contributed by atoms with Gasteiger partial charge in [0, 0.05) is 0 Å². The Morgan fingerprint density at radius 1 is 0.941 bits per heavy atom. The van der Waals surface area contributed by atoms with Gasteiger partial charge in [-0.05, 0) is 13.8 Å². The van der Waals surface area contributed by atoms with E-state index in [0.29, 0.717) is 0 Å². The molecule has 8 heteroatoms. The Morgan fingerprint density at radius 3 is 1.65 bits per heavy atom. The maximum atomic E-state index is 11.9. The first kappa shape index (κ1) is 17.0. The second-order valence-electron chi connectivity index (χ2n) is 3.53. The van der Waals surface area contributed by atoms with E-state index in [1.165, 1.54) is 0 Å². The molecule has 0 radical (unpaired) electrons. The van der Waals surface area contributed by atoms with E-state index in [9.17, 15) is 4.57 Å². The normalized spacial score (nSPS) is 13.0. The van der Waals surface area contributed by atoms with Crippen LogP contribution in [0.4, 0.5) is 0 Å². The molecule has 3 N–H and O–H groups in total. The van der Waals surface area contributed by atoms with E-state index in [1.54, 1.807) is 13.8 Å². The largest absolute Gasteiger partial charge is 0.474 e. The van der Waals surface area contributed by atoms with E-state index >= 15 is 0 Å². The van der Waals surface area contributed by atoms with E-state index in [0.717, 1.165) is 0 Å². The Bertz CT molecular complexity index is 223. The summed E-state index contributed by atoms with van der Waals surface area (Å²) in [5, 5.41) is 27.2. The second-order valence-corrected chi connectivity index (χ2v) is 5.20. The third kappa shape index (κ3) is 5.44. The molecule has 104 valence electrons. The molecule has 0 fully saturated rings. The van der Waals surface area contributed by atoms with Crippen LogP contribution in [0.15, 0.2) is 0 Å². The van der Waals surface area contributed by atoms with Gasteiger partial charge in [-0.3, -0.25) is 13.6 Å². The number of hydrogen-bond donors (Lipinski definition) is 3. The van der Waals surface area contributed by atoms with Crippen LogP contribution < -0.4 is 0 Å². The van der Waals surface area contributed by atoms with Gasteiger partial charge >= 0.3 is 7.82 Å². The topological polar surface area (TPSA) is 105 Å². The number of phosphoric ester groups is 1. The van der Waals surface area contributed by atoms with Crippen LogP contribution in [-0.4, -0.2) is 55.0 Å². The molecule has 0 saturated carbocycles. The summed E-state index contributed by atoms with van der Waals surface area (Å²) in [5.74, 6) is 0. The fraction of sp³-hybridized carbons (Fsp3) is 1.00. The maximum Gasteiger partial charge on any atom is 0.474 e. The van der Waals surface area contributed by atoms with Crippen LogP contribution in [0.2, 0.25) is 0 Å². The molecule has 0 atom stereocenters. The summed E-state index contributed by atoms with van der Waals surface area (Å²) in [4.78, 5) is 0. The predicted molar refractivity (Wildman–Crippen MR) is 60.5 cm³/mol. The van der Waals surface area contributed by atoms with Gasteiger partial charge in [0.15, 0.2) is 0 Å². The van der Waals surface area contributed by atoms with Crippen molar-refractivity contribution in [3.8, 4) is 0 Å². The molecule has 0 aliphatic carbocycles. The number of phosphoric acid groups is 1. The lowest BCUT2D eigenvalue weighted by Crippen LogP contribution is -2.38. The van der Waals surface area contributed by atoms with Crippen molar-refractivity contribution < 1.29 is 33.5 Å².